The molecule has 0 heterocycles. The first-order valence-corrected chi connectivity index (χ1v) is 8.49. The van der Waals surface area contributed by atoms with Gasteiger partial charge >= 0.3 is 15.0 Å². The molecule has 0 atom stereocenters. The van der Waals surface area contributed by atoms with E-state index in [2.05, 4.69) is 10.7 Å². The molecule has 0 spiro atoms. The van der Waals surface area contributed by atoms with E-state index in [-0.39, 0.29) is 0 Å². The number of nitrogens with zero attached hydrogens (tertiary/aromatic N) is 1. The van der Waals surface area contributed by atoms with Crippen molar-refractivity contribution in [2.45, 2.75) is 4.90 Å². The third-order valence-electron chi connectivity index (χ3n) is 1.43. The Bertz CT molecular complexity index is 675. The van der Waals surface area contributed by atoms with Gasteiger partial charge in [-0.15, -0.1) is 0 Å². The van der Waals surface area contributed by atoms with E-state index in [1.54, 1.807) is 0 Å². The Kier molecular flexibility index (Phi) is 5.96. The summed E-state index contributed by atoms with van der Waals surface area (Å²) in [6.07, 6.45) is 0. The maximum atomic E-state index is 10.8. The minimum atomic E-state index is -4.19. The van der Waals surface area contributed by atoms with Gasteiger partial charge in [-0.3, -0.25) is 14.7 Å². The molecule has 0 unspecified atom stereocenters. The van der Waals surface area contributed by atoms with E-state index in [0.717, 1.165) is 12.1 Å². The van der Waals surface area contributed by atoms with Crippen LogP contribution in [0, 0.1) is 10.1 Å². The van der Waals surface area contributed by atoms with Gasteiger partial charge in [0.25, 0.3) is 9.05 Å². The molecule has 2 N–H and O–H groups in total. The lowest BCUT2D eigenvalue weighted by molar-refractivity contribution is -0.386. The highest BCUT2D eigenvalue weighted by Crippen LogP contribution is 2.29. The molecular weight excluding hydrogens is 349 g/mol. The van der Waals surface area contributed by atoms with Crippen LogP contribution in [0.25, 0.3) is 0 Å². The van der Waals surface area contributed by atoms with Gasteiger partial charge in [0, 0.05) is 27.4 Å². The predicted molar refractivity (Wildman–Crippen MR) is 65.2 cm³/mol. The maximum absolute atomic E-state index is 10.8. The van der Waals surface area contributed by atoms with E-state index in [1.807, 2.05) is 0 Å². The lowest BCUT2D eigenvalue weighted by Gasteiger charge is -1.98. The lowest BCUT2D eigenvalue weighted by Crippen LogP contribution is -1.94. The Hall–Kier alpha value is -1.14. The number of benzene rings is 1. The zero-order valence-electron chi connectivity index (χ0n) is 8.60. The van der Waals surface area contributed by atoms with Gasteiger partial charge in [0.1, 0.15) is 0 Å². The number of halogens is 2. The number of hydrogen-bond donors (Lipinski definition) is 2. The summed E-state index contributed by atoms with van der Waals surface area (Å²) in [6.45, 7) is 0. The predicted octanol–water partition coefficient (Wildman–Crippen LogP) is 1.26. The van der Waals surface area contributed by atoms with Gasteiger partial charge in [-0.05, 0) is 12.1 Å². The van der Waals surface area contributed by atoms with Gasteiger partial charge in [0.15, 0.2) is 5.75 Å². The van der Waals surface area contributed by atoms with Gasteiger partial charge in [0.2, 0.25) is 0 Å². The van der Waals surface area contributed by atoms with E-state index in [1.165, 1.54) is 0 Å². The number of nitro groups is 1. The SMILES string of the molecule is O=S(=O)(O)Cl.O=[N+]([O-])c1cc(S(=O)(=O)Cl)ccc1O. The molecule has 0 amide bonds. The molecular formula is C6H5Cl2NO8S2. The standard InChI is InChI=1S/C6H4ClNO5S.ClHO3S/c7-14(12,13)4-1-2-6(9)5(3-4)8(10)11;1-5(2,3)4/h1-3,9H;(H,2,3,4). The molecule has 0 radical (unpaired) electrons. The summed E-state index contributed by atoms with van der Waals surface area (Å²) in [6, 6.07) is 2.57. The summed E-state index contributed by atoms with van der Waals surface area (Å²) in [5.41, 5.74) is -0.702. The molecule has 0 aliphatic carbocycles. The second-order valence-electron chi connectivity index (χ2n) is 2.76. The Morgan fingerprint density at radius 3 is 1.89 bits per heavy atom. The molecule has 1 aromatic carbocycles. The fraction of sp³-hybridized carbons (Fsp3) is 0. The minimum absolute atomic E-state index is 0.427. The number of phenolic OH excluding ortho intramolecular Hbond substituents is 1. The number of aromatic hydroxyl groups is 1. The third kappa shape index (κ3) is 7.79. The van der Waals surface area contributed by atoms with Crippen molar-refractivity contribution < 1.29 is 31.4 Å². The molecule has 1 rings (SSSR count). The van der Waals surface area contributed by atoms with Crippen LogP contribution < -0.4 is 0 Å². The van der Waals surface area contributed by atoms with Crippen molar-refractivity contribution >= 4 is 45.4 Å². The van der Waals surface area contributed by atoms with Crippen LogP contribution in [0.1, 0.15) is 0 Å². The van der Waals surface area contributed by atoms with Crippen molar-refractivity contribution in [1.29, 1.82) is 0 Å². The quantitative estimate of drug-likeness (QED) is 0.348. The minimum Gasteiger partial charge on any atom is -0.502 e. The average molecular weight is 354 g/mol. The van der Waals surface area contributed by atoms with Gasteiger partial charge in [-0.25, -0.2) is 8.42 Å². The highest BCUT2D eigenvalue weighted by atomic mass is 35.7. The Balaban J connectivity index is 0.000000555. The molecule has 19 heavy (non-hydrogen) atoms. The Labute approximate surface area is 116 Å². The summed E-state index contributed by atoms with van der Waals surface area (Å²) in [4.78, 5) is 8.98. The van der Waals surface area contributed by atoms with Crippen molar-refractivity contribution in [1.82, 2.24) is 0 Å². The van der Waals surface area contributed by atoms with Gasteiger partial charge < -0.3 is 5.11 Å². The molecule has 0 fully saturated rings. The van der Waals surface area contributed by atoms with E-state index in [4.69, 9.17) is 28.8 Å². The first-order valence-electron chi connectivity index (χ1n) is 3.91. The zero-order chi connectivity index (χ0) is 15.4. The number of rotatable bonds is 2. The Morgan fingerprint density at radius 1 is 1.16 bits per heavy atom. The summed E-state index contributed by atoms with van der Waals surface area (Å²) in [5.74, 6) is -0.612. The van der Waals surface area contributed by atoms with Crippen LogP contribution >= 0.6 is 21.4 Å². The second-order valence-corrected chi connectivity index (χ2v) is 7.32. The van der Waals surface area contributed by atoms with E-state index >= 15 is 0 Å². The number of hydrogen-bond acceptors (Lipinski definition) is 7. The Morgan fingerprint density at radius 2 is 1.58 bits per heavy atom. The van der Waals surface area contributed by atoms with E-state index in [0.29, 0.717) is 6.07 Å². The van der Waals surface area contributed by atoms with E-state index < -0.39 is 39.6 Å². The summed E-state index contributed by atoms with van der Waals surface area (Å²) >= 11 is 0. The van der Waals surface area contributed by atoms with Crippen LogP contribution in [-0.2, 0) is 18.4 Å². The van der Waals surface area contributed by atoms with Crippen LogP contribution in [0.2, 0.25) is 0 Å². The normalized spacial score (nSPS) is 11.3. The molecule has 0 saturated carbocycles. The van der Waals surface area contributed by atoms with Crippen molar-refractivity contribution in [2.75, 3.05) is 0 Å². The first-order chi connectivity index (χ1) is 8.32. The average Bonchev–Trinajstić information content (AvgIpc) is 2.13. The molecule has 0 aliphatic heterocycles. The number of nitro benzene ring substituents is 1. The highest BCUT2D eigenvalue weighted by molar-refractivity contribution is 8.13. The van der Waals surface area contributed by atoms with Crippen molar-refractivity contribution in [3.05, 3.63) is 28.3 Å². The van der Waals surface area contributed by atoms with Crippen LogP contribution in [0.5, 0.6) is 5.75 Å². The molecule has 108 valence electrons. The largest absolute Gasteiger partial charge is 0.502 e. The highest BCUT2D eigenvalue weighted by Gasteiger charge is 2.19. The molecule has 9 nitrogen and oxygen atoms in total. The summed E-state index contributed by atoms with van der Waals surface area (Å²) < 4.78 is 46.7. The number of phenols is 1. The monoisotopic (exact) mass is 353 g/mol. The molecule has 0 bridgehead atoms. The molecule has 0 saturated heterocycles. The van der Waals surface area contributed by atoms with Gasteiger partial charge in [-0.2, -0.15) is 8.42 Å². The van der Waals surface area contributed by atoms with Gasteiger partial charge in [0.05, 0.1) is 9.82 Å². The van der Waals surface area contributed by atoms with Crippen LogP contribution in [-0.4, -0.2) is 31.4 Å². The first kappa shape index (κ1) is 17.9. The van der Waals surface area contributed by atoms with Crippen LogP contribution in [0.15, 0.2) is 23.1 Å². The molecule has 0 aliphatic rings. The topological polar surface area (TPSA) is 152 Å². The van der Waals surface area contributed by atoms with Crippen molar-refractivity contribution in [2.24, 2.45) is 0 Å². The molecule has 13 heteroatoms. The third-order valence-corrected chi connectivity index (χ3v) is 2.78. The fourth-order valence-corrected chi connectivity index (χ4v) is 1.57. The summed E-state index contributed by atoms with van der Waals surface area (Å²) in [7, 11) is 0.800. The fourth-order valence-electron chi connectivity index (χ4n) is 0.801. The molecule has 1 aromatic rings. The molecule has 0 aromatic heterocycles. The smallest absolute Gasteiger partial charge is 0.353 e. The summed E-state index contributed by atoms with van der Waals surface area (Å²) in [5, 5.41) is 19.3. The van der Waals surface area contributed by atoms with Crippen LogP contribution in [0.3, 0.4) is 0 Å². The van der Waals surface area contributed by atoms with Crippen molar-refractivity contribution in [3.8, 4) is 5.75 Å². The second kappa shape index (κ2) is 6.34. The van der Waals surface area contributed by atoms with Gasteiger partial charge in [-0.1, -0.05) is 0 Å². The maximum Gasteiger partial charge on any atom is 0.353 e. The lowest BCUT2D eigenvalue weighted by atomic mass is 10.3. The van der Waals surface area contributed by atoms with Crippen molar-refractivity contribution in [3.63, 3.8) is 0 Å². The van der Waals surface area contributed by atoms with Crippen LogP contribution in [0.4, 0.5) is 5.69 Å². The van der Waals surface area contributed by atoms with E-state index in [9.17, 15) is 18.5 Å². The zero-order valence-corrected chi connectivity index (χ0v) is 11.7.